The Labute approximate surface area is 189 Å². The van der Waals surface area contributed by atoms with Crippen LogP contribution in [-0.4, -0.2) is 39.3 Å². The lowest BCUT2D eigenvalue weighted by Gasteiger charge is -2.34. The number of nitrogens with one attached hydrogen (secondary N) is 2. The summed E-state index contributed by atoms with van der Waals surface area (Å²) < 4.78 is 52.0. The van der Waals surface area contributed by atoms with Crippen molar-refractivity contribution >= 4 is 53.9 Å². The Hall–Kier alpha value is -2.06. The maximum atomic E-state index is 13.0. The van der Waals surface area contributed by atoms with Crippen LogP contribution in [0.4, 0.5) is 11.4 Å². The van der Waals surface area contributed by atoms with E-state index in [-0.39, 0.29) is 37.9 Å². The maximum Gasteiger partial charge on any atom is 0.265 e. The fraction of sp³-hybridized carbons (Fsp3) is 0.333. The van der Waals surface area contributed by atoms with Crippen molar-refractivity contribution in [3.05, 3.63) is 44.8 Å². The van der Waals surface area contributed by atoms with Crippen LogP contribution in [0.2, 0.25) is 0 Å². The van der Waals surface area contributed by atoms with Gasteiger partial charge in [0.1, 0.15) is 16.2 Å². The summed E-state index contributed by atoms with van der Waals surface area (Å²) in [5.41, 5.74) is -0.400. The van der Waals surface area contributed by atoms with Crippen LogP contribution in [0, 0.1) is 5.92 Å². The lowest BCUT2D eigenvalue weighted by atomic mass is 10.1. The Morgan fingerprint density at radius 2 is 2.00 bits per heavy atom. The molecule has 3 rings (SSSR count). The van der Waals surface area contributed by atoms with Crippen molar-refractivity contribution in [1.82, 2.24) is 4.57 Å². The standard InChI is InChI=1S/C18H23BrN4O6S2/c1-10(2)6-7-23-9-12(19)16(24)15(18(23)25)17-20-13-5-4-11(21-30(3,26)27)8-14(13)31(28,29)22-17/h4-5,8-10,21,24,28-29H,6-7H2,1-3H3,(H,20,22). The lowest BCUT2D eigenvalue weighted by molar-refractivity contribution is 0.459. The molecule has 170 valence electrons. The zero-order chi connectivity index (χ0) is 23.1. The molecule has 1 aromatic heterocycles. The van der Waals surface area contributed by atoms with E-state index in [1.165, 1.54) is 29.0 Å². The van der Waals surface area contributed by atoms with Crippen molar-refractivity contribution in [2.45, 2.75) is 31.7 Å². The molecule has 1 aromatic carbocycles. The number of sulfonamides is 1. The molecule has 0 bridgehead atoms. The molecule has 13 heteroatoms. The van der Waals surface area contributed by atoms with Crippen LogP contribution in [0.1, 0.15) is 25.8 Å². The number of aryl methyl sites for hydroxylation is 1. The average molecular weight is 535 g/mol. The number of rotatable bonds is 6. The van der Waals surface area contributed by atoms with Crippen LogP contribution in [-0.2, 0) is 16.6 Å². The molecule has 0 unspecified atom stereocenters. The summed E-state index contributed by atoms with van der Waals surface area (Å²) in [4.78, 5) is 13.0. The summed E-state index contributed by atoms with van der Waals surface area (Å²) in [5.74, 6) is -0.230. The minimum Gasteiger partial charge on any atom is -0.506 e. The Kier molecular flexibility index (Phi) is 6.45. The maximum absolute atomic E-state index is 13.0. The molecule has 0 fully saturated rings. The fourth-order valence-corrected chi connectivity index (χ4v) is 5.15. The minimum atomic E-state index is -3.79. The zero-order valence-electron chi connectivity index (χ0n) is 17.0. The Balaban J connectivity index is 2.08. The summed E-state index contributed by atoms with van der Waals surface area (Å²) in [7, 11) is -7.36. The molecule has 2 aromatic rings. The largest absolute Gasteiger partial charge is 0.506 e. The molecule has 1 aliphatic heterocycles. The highest BCUT2D eigenvalue weighted by Gasteiger charge is 2.30. The second-order valence-electron chi connectivity index (χ2n) is 7.55. The summed E-state index contributed by atoms with van der Waals surface area (Å²) >= 11 is 3.23. The van der Waals surface area contributed by atoms with Gasteiger partial charge in [0.15, 0.2) is 5.84 Å². The number of anilines is 2. The first kappa shape index (κ1) is 23.6. The van der Waals surface area contributed by atoms with Gasteiger partial charge >= 0.3 is 0 Å². The number of aromatic hydroxyl groups is 1. The van der Waals surface area contributed by atoms with E-state index in [0.29, 0.717) is 12.5 Å². The van der Waals surface area contributed by atoms with Gasteiger partial charge in [-0.15, -0.1) is 4.40 Å². The van der Waals surface area contributed by atoms with Crippen LogP contribution in [0.15, 0.2) is 43.0 Å². The number of amidine groups is 1. The van der Waals surface area contributed by atoms with E-state index in [0.717, 1.165) is 12.7 Å². The van der Waals surface area contributed by atoms with Crippen LogP contribution >= 0.6 is 26.7 Å². The second kappa shape index (κ2) is 8.47. The number of nitrogens with zero attached hydrogens (tertiary/aromatic N) is 2. The number of pyridine rings is 1. The van der Waals surface area contributed by atoms with E-state index < -0.39 is 26.4 Å². The highest BCUT2D eigenvalue weighted by Crippen LogP contribution is 2.56. The number of hydrogen-bond donors (Lipinski definition) is 5. The monoisotopic (exact) mass is 534 g/mol. The van der Waals surface area contributed by atoms with E-state index in [4.69, 9.17) is 0 Å². The van der Waals surface area contributed by atoms with Crippen molar-refractivity contribution in [1.29, 1.82) is 0 Å². The lowest BCUT2D eigenvalue weighted by Crippen LogP contribution is -2.32. The summed E-state index contributed by atoms with van der Waals surface area (Å²) in [5, 5.41) is 13.3. The predicted molar refractivity (Wildman–Crippen MR) is 126 cm³/mol. The van der Waals surface area contributed by atoms with E-state index >= 15 is 0 Å². The van der Waals surface area contributed by atoms with Gasteiger partial charge in [-0.05, 0) is 46.5 Å². The predicted octanol–water partition coefficient (Wildman–Crippen LogP) is 3.63. The summed E-state index contributed by atoms with van der Waals surface area (Å²) in [6.07, 6.45) is 3.17. The minimum absolute atomic E-state index is 0.0421. The molecule has 31 heavy (non-hydrogen) atoms. The smallest absolute Gasteiger partial charge is 0.265 e. The molecule has 5 N–H and O–H groups in total. The van der Waals surface area contributed by atoms with E-state index in [1.807, 2.05) is 13.8 Å². The van der Waals surface area contributed by atoms with Gasteiger partial charge in [0, 0.05) is 12.7 Å². The van der Waals surface area contributed by atoms with Gasteiger partial charge < -0.3 is 15.0 Å². The molecule has 10 nitrogen and oxygen atoms in total. The van der Waals surface area contributed by atoms with Crippen LogP contribution in [0.3, 0.4) is 0 Å². The van der Waals surface area contributed by atoms with Crippen molar-refractivity contribution in [2.24, 2.45) is 10.3 Å². The molecule has 0 aliphatic carbocycles. The van der Waals surface area contributed by atoms with Gasteiger partial charge in [0.2, 0.25) is 10.0 Å². The molecule has 0 saturated heterocycles. The van der Waals surface area contributed by atoms with Gasteiger partial charge in [-0.1, -0.05) is 24.6 Å². The SMILES string of the molecule is CC(C)CCn1cc(Br)c(O)c(C2=NS(O)(O)c3cc(NS(C)(=O)=O)ccc3N2)c1=O. The van der Waals surface area contributed by atoms with Crippen LogP contribution < -0.4 is 15.6 Å². The highest BCUT2D eigenvalue weighted by atomic mass is 79.9. The Morgan fingerprint density at radius 3 is 2.61 bits per heavy atom. The van der Waals surface area contributed by atoms with Crippen molar-refractivity contribution in [3.8, 4) is 5.75 Å². The summed E-state index contributed by atoms with van der Waals surface area (Å²) in [6, 6.07) is 4.10. The molecule has 1 aliphatic rings. The van der Waals surface area contributed by atoms with Gasteiger partial charge in [-0.3, -0.25) is 18.6 Å². The first-order chi connectivity index (χ1) is 14.3. The highest BCUT2D eigenvalue weighted by molar-refractivity contribution is 9.10. The second-order valence-corrected chi connectivity index (χ2v) is 11.8. The third-order valence-corrected chi connectivity index (χ3v) is 6.99. The molecule has 0 atom stereocenters. The molecule has 0 saturated carbocycles. The fourth-order valence-electron chi connectivity index (χ4n) is 2.96. The zero-order valence-corrected chi connectivity index (χ0v) is 20.2. The van der Waals surface area contributed by atoms with Crippen LogP contribution in [0.5, 0.6) is 5.75 Å². The number of aromatic nitrogens is 1. The first-order valence-electron chi connectivity index (χ1n) is 9.18. The van der Waals surface area contributed by atoms with Gasteiger partial charge in [-0.2, -0.15) is 0 Å². The number of halogens is 1. The summed E-state index contributed by atoms with van der Waals surface area (Å²) in [6.45, 7) is 4.45. The normalized spacial score (nSPS) is 16.3. The number of hydrogen-bond acceptors (Lipinski definition) is 8. The van der Waals surface area contributed by atoms with Crippen molar-refractivity contribution < 1.29 is 22.6 Å². The Morgan fingerprint density at radius 1 is 1.32 bits per heavy atom. The van der Waals surface area contributed by atoms with Gasteiger partial charge in [-0.25, -0.2) is 8.42 Å². The molecule has 0 spiro atoms. The molecule has 2 heterocycles. The third-order valence-electron chi connectivity index (χ3n) is 4.44. The third kappa shape index (κ3) is 5.23. The Bertz CT molecular complexity index is 1220. The van der Waals surface area contributed by atoms with Crippen molar-refractivity contribution in [3.63, 3.8) is 0 Å². The number of benzene rings is 1. The van der Waals surface area contributed by atoms with Crippen LogP contribution in [0.25, 0.3) is 0 Å². The first-order valence-corrected chi connectivity index (χ1v) is 13.4. The quantitative estimate of drug-likeness (QED) is 0.379. The molecular formula is C18H23BrN4O6S2. The van der Waals surface area contributed by atoms with Gasteiger partial charge in [0.25, 0.3) is 5.56 Å². The number of fused-ring (bicyclic) bond motifs is 1. The van der Waals surface area contributed by atoms with E-state index in [2.05, 4.69) is 30.4 Å². The topological polar surface area (TPSA) is 153 Å². The van der Waals surface area contributed by atoms with Crippen molar-refractivity contribution in [2.75, 3.05) is 16.3 Å². The van der Waals surface area contributed by atoms with Gasteiger partial charge in [0.05, 0.1) is 22.1 Å². The molecule has 0 radical (unpaired) electrons. The van der Waals surface area contributed by atoms with E-state index in [1.54, 1.807) is 0 Å². The van der Waals surface area contributed by atoms with E-state index in [9.17, 15) is 27.4 Å². The average Bonchev–Trinajstić information content (AvgIpc) is 2.62. The molecule has 0 amide bonds. The molecular weight excluding hydrogens is 512 g/mol.